The van der Waals surface area contributed by atoms with Gasteiger partial charge in [0.05, 0.1) is 18.4 Å². The average Bonchev–Trinajstić information content (AvgIpc) is 2.72. The van der Waals surface area contributed by atoms with Crippen LogP contribution in [0.5, 0.6) is 5.75 Å². The second kappa shape index (κ2) is 12.3. The van der Waals surface area contributed by atoms with E-state index < -0.39 is 0 Å². The van der Waals surface area contributed by atoms with Gasteiger partial charge in [0.15, 0.2) is 11.5 Å². The zero-order chi connectivity index (χ0) is 20.9. The largest absolute Gasteiger partial charge is 0.338 e. The molecule has 2 N–H and O–H groups in total. The second-order valence-corrected chi connectivity index (χ2v) is 5.44. The molecule has 0 bridgehead atoms. The molecule has 0 fully saturated rings. The van der Waals surface area contributed by atoms with Crippen LogP contribution in [0.2, 0.25) is 0 Å². The first kappa shape index (κ1) is 22.9. The van der Waals surface area contributed by atoms with Gasteiger partial charge in [-0.1, -0.05) is 6.07 Å². The number of allylic oxidation sites excluding steroid dienone is 1. The van der Waals surface area contributed by atoms with Gasteiger partial charge >= 0.3 is 0 Å². The van der Waals surface area contributed by atoms with Gasteiger partial charge in [0, 0.05) is 36.3 Å². The normalized spacial score (nSPS) is 11.0. The molecule has 28 heavy (non-hydrogen) atoms. The van der Waals surface area contributed by atoms with Crippen molar-refractivity contribution in [3.63, 3.8) is 0 Å². The summed E-state index contributed by atoms with van der Waals surface area (Å²) in [5.74, 6) is 0.151. The van der Waals surface area contributed by atoms with Crippen molar-refractivity contribution in [2.45, 2.75) is 13.8 Å². The zero-order valence-electron chi connectivity index (χ0n) is 16.7. The van der Waals surface area contributed by atoms with E-state index in [1.807, 2.05) is 26.0 Å². The standard InChI is InChI=1S/C20H21N3O3.CH5N/c1-5-22-13-17(12-21-3)20(24)16-8-15(9-18(10-16)26-25-4)19-7-6-14(2)11-23-19;1-2/h6-13H,3,5H2,1-2,4H3;2H2,1H3/b17-12+,22-13?;. The number of carbonyl (C=O) groups is 1. The maximum Gasteiger partial charge on any atom is 0.196 e. The number of Topliss-reactive ketones (excluding diaryl/α,β-unsaturated/α-hetero) is 1. The lowest BCUT2D eigenvalue weighted by Crippen LogP contribution is -2.06. The van der Waals surface area contributed by atoms with E-state index >= 15 is 0 Å². The molecule has 7 nitrogen and oxygen atoms in total. The molecule has 0 spiro atoms. The van der Waals surface area contributed by atoms with E-state index in [-0.39, 0.29) is 5.78 Å². The Morgan fingerprint density at radius 3 is 2.61 bits per heavy atom. The number of ketones is 1. The fraction of sp³-hybridized carbons (Fsp3) is 0.238. The lowest BCUT2D eigenvalue weighted by molar-refractivity contribution is -0.178. The van der Waals surface area contributed by atoms with Crippen LogP contribution >= 0.6 is 0 Å². The van der Waals surface area contributed by atoms with Gasteiger partial charge in [0.25, 0.3) is 0 Å². The Labute approximate surface area is 165 Å². The highest BCUT2D eigenvalue weighted by Crippen LogP contribution is 2.26. The van der Waals surface area contributed by atoms with Crippen LogP contribution in [-0.4, -0.2) is 44.4 Å². The Morgan fingerprint density at radius 1 is 1.29 bits per heavy atom. The lowest BCUT2D eigenvalue weighted by atomic mass is 10.00. The number of hydrogen-bond acceptors (Lipinski definition) is 7. The molecule has 0 aliphatic heterocycles. The first-order valence-electron chi connectivity index (χ1n) is 8.66. The number of nitrogens with two attached hydrogens (primary N) is 1. The molecule has 2 aromatic rings. The molecule has 0 saturated heterocycles. The van der Waals surface area contributed by atoms with E-state index in [1.165, 1.54) is 26.6 Å². The molecule has 0 unspecified atom stereocenters. The Morgan fingerprint density at radius 2 is 2.04 bits per heavy atom. The third-order valence-electron chi connectivity index (χ3n) is 3.46. The van der Waals surface area contributed by atoms with E-state index in [9.17, 15) is 4.79 Å². The maximum atomic E-state index is 12.9. The summed E-state index contributed by atoms with van der Waals surface area (Å²) in [6.07, 6.45) is 4.64. The number of pyridine rings is 1. The van der Waals surface area contributed by atoms with Gasteiger partial charge in [-0.2, -0.15) is 4.89 Å². The van der Waals surface area contributed by atoms with Crippen LogP contribution in [0.3, 0.4) is 0 Å². The van der Waals surface area contributed by atoms with Crippen LogP contribution < -0.4 is 10.6 Å². The van der Waals surface area contributed by atoms with E-state index in [1.54, 1.807) is 24.4 Å². The highest BCUT2D eigenvalue weighted by Gasteiger charge is 2.15. The molecule has 1 heterocycles. The van der Waals surface area contributed by atoms with Crippen molar-refractivity contribution in [1.82, 2.24) is 4.98 Å². The molecule has 0 aliphatic carbocycles. The number of benzene rings is 1. The fourth-order valence-corrected chi connectivity index (χ4v) is 2.27. The summed E-state index contributed by atoms with van der Waals surface area (Å²) in [7, 11) is 2.90. The summed E-state index contributed by atoms with van der Waals surface area (Å²) in [5.41, 5.74) is 7.75. The third-order valence-corrected chi connectivity index (χ3v) is 3.46. The number of aliphatic imine (C=N–C) groups is 2. The van der Waals surface area contributed by atoms with Gasteiger partial charge in [-0.3, -0.25) is 19.8 Å². The summed E-state index contributed by atoms with van der Waals surface area (Å²) >= 11 is 0. The zero-order valence-corrected chi connectivity index (χ0v) is 16.7. The minimum absolute atomic E-state index is 0.246. The number of nitrogens with zero attached hydrogens (tertiary/aromatic N) is 3. The Bertz CT molecular complexity index is 843. The van der Waals surface area contributed by atoms with Crippen LogP contribution in [0.1, 0.15) is 22.8 Å². The molecule has 0 atom stereocenters. The minimum Gasteiger partial charge on any atom is -0.338 e. The predicted molar refractivity (Wildman–Crippen MR) is 113 cm³/mol. The summed E-state index contributed by atoms with van der Waals surface area (Å²) in [6.45, 7) is 7.82. The summed E-state index contributed by atoms with van der Waals surface area (Å²) in [4.78, 5) is 35.0. The van der Waals surface area contributed by atoms with Crippen LogP contribution in [0.15, 0.2) is 58.3 Å². The van der Waals surface area contributed by atoms with Crippen LogP contribution in [-0.2, 0) is 4.89 Å². The first-order chi connectivity index (χ1) is 13.6. The second-order valence-electron chi connectivity index (χ2n) is 5.44. The smallest absolute Gasteiger partial charge is 0.196 e. The van der Waals surface area contributed by atoms with Crippen LogP contribution in [0, 0.1) is 6.92 Å². The van der Waals surface area contributed by atoms with E-state index in [0.29, 0.717) is 23.4 Å². The fourth-order valence-electron chi connectivity index (χ4n) is 2.27. The highest BCUT2D eigenvalue weighted by molar-refractivity contribution is 6.21. The van der Waals surface area contributed by atoms with Gasteiger partial charge in [-0.05, 0) is 57.4 Å². The first-order valence-corrected chi connectivity index (χ1v) is 8.66. The quantitative estimate of drug-likeness (QED) is 0.248. The van der Waals surface area contributed by atoms with E-state index in [4.69, 9.17) is 9.78 Å². The molecule has 0 amide bonds. The van der Waals surface area contributed by atoms with Crippen molar-refractivity contribution in [2.24, 2.45) is 15.7 Å². The molecular formula is C21H26N4O3. The number of hydrogen-bond donors (Lipinski definition) is 1. The molecule has 1 aromatic carbocycles. The van der Waals surface area contributed by atoms with Crippen molar-refractivity contribution in [2.75, 3.05) is 20.7 Å². The van der Waals surface area contributed by atoms with Crippen molar-refractivity contribution in [3.8, 4) is 17.0 Å². The predicted octanol–water partition coefficient (Wildman–Crippen LogP) is 3.43. The van der Waals surface area contributed by atoms with Gasteiger partial charge in [0.2, 0.25) is 0 Å². The Balaban J connectivity index is 0.00000190. The molecular weight excluding hydrogens is 356 g/mol. The topological polar surface area (TPSA) is 99.2 Å². The highest BCUT2D eigenvalue weighted by atomic mass is 17.2. The summed E-state index contributed by atoms with van der Waals surface area (Å²) < 4.78 is 0. The van der Waals surface area contributed by atoms with Crippen molar-refractivity contribution < 1.29 is 14.6 Å². The van der Waals surface area contributed by atoms with E-state index in [2.05, 4.69) is 27.4 Å². The molecule has 2 rings (SSSR count). The van der Waals surface area contributed by atoms with E-state index in [0.717, 1.165) is 16.8 Å². The lowest BCUT2D eigenvalue weighted by Gasteiger charge is -2.09. The monoisotopic (exact) mass is 382 g/mol. The molecule has 0 saturated carbocycles. The summed E-state index contributed by atoms with van der Waals surface area (Å²) in [6, 6.07) is 8.94. The summed E-state index contributed by atoms with van der Waals surface area (Å²) in [5, 5.41) is 0. The van der Waals surface area contributed by atoms with Crippen LogP contribution in [0.4, 0.5) is 0 Å². The number of aromatic nitrogens is 1. The molecule has 7 heteroatoms. The molecule has 148 valence electrons. The molecule has 1 aromatic heterocycles. The van der Waals surface area contributed by atoms with Gasteiger partial charge in [0.1, 0.15) is 0 Å². The molecule has 0 radical (unpaired) electrons. The minimum atomic E-state index is -0.246. The number of rotatable bonds is 8. The molecule has 0 aliphatic rings. The van der Waals surface area contributed by atoms with Gasteiger partial charge < -0.3 is 10.6 Å². The van der Waals surface area contributed by atoms with Crippen molar-refractivity contribution in [3.05, 3.63) is 59.4 Å². The SMILES string of the molecule is C=N/C=C(\C=NCC)C(=O)c1cc(OOC)cc(-c2ccc(C)cn2)c1.CN. The van der Waals surface area contributed by atoms with Crippen LogP contribution in [0.25, 0.3) is 11.3 Å². The number of carbonyl (C=O) groups excluding carboxylic acids is 1. The average molecular weight is 382 g/mol. The van der Waals surface area contributed by atoms with Gasteiger partial charge in [-0.25, -0.2) is 0 Å². The maximum absolute atomic E-state index is 12.9. The number of aryl methyl sites for hydroxylation is 1. The Hall–Kier alpha value is -3.16. The Kier molecular flexibility index (Phi) is 10.0. The third kappa shape index (κ3) is 6.53. The van der Waals surface area contributed by atoms with Gasteiger partial charge in [-0.15, -0.1) is 0 Å². The van der Waals surface area contributed by atoms with Crippen molar-refractivity contribution in [1.29, 1.82) is 0 Å². The van der Waals surface area contributed by atoms with Crippen molar-refractivity contribution >= 4 is 18.7 Å².